The van der Waals surface area contributed by atoms with Gasteiger partial charge in [-0.15, -0.1) is 0 Å². The van der Waals surface area contributed by atoms with Crippen LogP contribution in [0.3, 0.4) is 0 Å². The van der Waals surface area contributed by atoms with Crippen LogP contribution < -0.4 is 10.2 Å². The summed E-state index contributed by atoms with van der Waals surface area (Å²) in [7, 11) is 0. The summed E-state index contributed by atoms with van der Waals surface area (Å²) >= 11 is 0. The fourth-order valence-electron chi connectivity index (χ4n) is 0.995. The van der Waals surface area contributed by atoms with E-state index < -0.39 is 0 Å². The second kappa shape index (κ2) is 5.99. The number of carbonyl (C=O) groups excluding carboxylic acids is 1. The van der Waals surface area contributed by atoms with E-state index in [1.807, 2.05) is 30.3 Å². The fourth-order valence-corrected chi connectivity index (χ4v) is 0.995. The first-order valence-corrected chi connectivity index (χ1v) is 4.43. The molecular weight excluding hydrogens is 182 g/mol. The number of nitrogens with one attached hydrogen (secondary N) is 1. The van der Waals surface area contributed by atoms with Crippen LogP contribution in [-0.2, 0) is 4.79 Å². The molecule has 0 heterocycles. The standard InChI is InChI=1S/C10H13NO3/c12-10(11-13)7-4-8-14-9-5-2-1-3-6-9/h1-3,5-6,13H,4,7-8H2,(H,11,12). The van der Waals surface area contributed by atoms with Gasteiger partial charge in [-0.25, -0.2) is 5.48 Å². The summed E-state index contributed by atoms with van der Waals surface area (Å²) in [5.74, 6) is 0.401. The Labute approximate surface area is 82.5 Å². The first-order valence-electron chi connectivity index (χ1n) is 4.43. The number of hydrogen-bond donors (Lipinski definition) is 2. The van der Waals surface area contributed by atoms with Gasteiger partial charge in [-0.05, 0) is 18.6 Å². The van der Waals surface area contributed by atoms with E-state index in [9.17, 15) is 4.79 Å². The molecule has 0 saturated heterocycles. The zero-order valence-corrected chi connectivity index (χ0v) is 7.77. The quantitative estimate of drug-likeness (QED) is 0.423. The van der Waals surface area contributed by atoms with Crippen LogP contribution >= 0.6 is 0 Å². The number of amides is 1. The summed E-state index contributed by atoms with van der Waals surface area (Å²) in [5.41, 5.74) is 1.57. The van der Waals surface area contributed by atoms with Crippen LogP contribution in [0.25, 0.3) is 0 Å². The maximum absolute atomic E-state index is 10.6. The van der Waals surface area contributed by atoms with Crippen LogP contribution in [0.4, 0.5) is 0 Å². The number of ether oxygens (including phenoxy) is 1. The summed E-state index contributed by atoms with van der Waals surface area (Å²) in [6.07, 6.45) is 0.852. The van der Waals surface area contributed by atoms with Gasteiger partial charge in [0.2, 0.25) is 5.91 Å². The van der Waals surface area contributed by atoms with Crippen molar-refractivity contribution in [1.82, 2.24) is 5.48 Å². The second-order valence-electron chi connectivity index (χ2n) is 2.80. The maximum Gasteiger partial charge on any atom is 0.243 e. The average molecular weight is 195 g/mol. The molecule has 0 aliphatic carbocycles. The molecule has 0 atom stereocenters. The number of hydroxylamine groups is 1. The third-order valence-corrected chi connectivity index (χ3v) is 1.68. The monoisotopic (exact) mass is 195 g/mol. The smallest absolute Gasteiger partial charge is 0.243 e. The Morgan fingerprint density at radius 1 is 1.36 bits per heavy atom. The highest BCUT2D eigenvalue weighted by molar-refractivity contribution is 5.74. The number of benzene rings is 1. The number of carbonyl (C=O) groups is 1. The van der Waals surface area contributed by atoms with Crippen molar-refractivity contribution in [1.29, 1.82) is 0 Å². The van der Waals surface area contributed by atoms with Crippen LogP contribution in [0, 0.1) is 0 Å². The van der Waals surface area contributed by atoms with Crippen molar-refractivity contribution in [2.75, 3.05) is 6.61 Å². The SMILES string of the molecule is O=C(CCCOc1ccccc1)NO. The van der Waals surface area contributed by atoms with Gasteiger partial charge in [0.15, 0.2) is 0 Å². The highest BCUT2D eigenvalue weighted by Crippen LogP contribution is 2.08. The Morgan fingerprint density at radius 3 is 2.71 bits per heavy atom. The lowest BCUT2D eigenvalue weighted by molar-refractivity contribution is -0.129. The summed E-state index contributed by atoms with van der Waals surface area (Å²) in [5, 5.41) is 8.21. The molecule has 1 amide bonds. The van der Waals surface area contributed by atoms with Gasteiger partial charge in [-0.3, -0.25) is 10.0 Å². The third-order valence-electron chi connectivity index (χ3n) is 1.68. The molecule has 76 valence electrons. The minimum absolute atomic E-state index is 0.267. The average Bonchev–Trinajstić information content (AvgIpc) is 2.25. The van der Waals surface area contributed by atoms with Crippen molar-refractivity contribution >= 4 is 5.91 Å². The second-order valence-corrected chi connectivity index (χ2v) is 2.80. The molecule has 1 rings (SSSR count). The van der Waals surface area contributed by atoms with E-state index in [1.165, 1.54) is 0 Å². The van der Waals surface area contributed by atoms with E-state index in [0.717, 1.165) is 5.75 Å². The molecule has 2 N–H and O–H groups in total. The number of hydrogen-bond acceptors (Lipinski definition) is 3. The molecule has 1 aromatic rings. The molecule has 0 aliphatic rings. The van der Waals surface area contributed by atoms with E-state index in [1.54, 1.807) is 5.48 Å². The molecule has 0 aromatic heterocycles. The molecule has 4 heteroatoms. The maximum atomic E-state index is 10.6. The molecule has 0 unspecified atom stereocenters. The molecule has 0 spiro atoms. The van der Waals surface area contributed by atoms with Crippen molar-refractivity contribution in [3.8, 4) is 5.75 Å². The Bertz CT molecular complexity index is 274. The summed E-state index contributed by atoms with van der Waals surface area (Å²) in [6, 6.07) is 9.38. The minimum Gasteiger partial charge on any atom is -0.494 e. The predicted molar refractivity (Wildman–Crippen MR) is 51.1 cm³/mol. The Balaban J connectivity index is 2.13. The lowest BCUT2D eigenvalue weighted by Gasteiger charge is -2.04. The zero-order chi connectivity index (χ0) is 10.2. The first kappa shape index (κ1) is 10.5. The van der Waals surface area contributed by atoms with Gasteiger partial charge < -0.3 is 4.74 Å². The van der Waals surface area contributed by atoms with E-state index in [4.69, 9.17) is 9.94 Å². The zero-order valence-electron chi connectivity index (χ0n) is 7.77. The first-order chi connectivity index (χ1) is 6.83. The van der Waals surface area contributed by atoms with Crippen LogP contribution in [0.5, 0.6) is 5.75 Å². The van der Waals surface area contributed by atoms with Crippen molar-refractivity contribution in [3.05, 3.63) is 30.3 Å². The van der Waals surface area contributed by atoms with Gasteiger partial charge in [-0.2, -0.15) is 0 Å². The largest absolute Gasteiger partial charge is 0.494 e. The predicted octanol–water partition coefficient (Wildman–Crippen LogP) is 1.35. The van der Waals surface area contributed by atoms with Gasteiger partial charge in [0.05, 0.1) is 6.61 Å². The Hall–Kier alpha value is -1.55. The van der Waals surface area contributed by atoms with E-state index in [-0.39, 0.29) is 12.3 Å². The van der Waals surface area contributed by atoms with Crippen LogP contribution in [-0.4, -0.2) is 17.7 Å². The lowest BCUT2D eigenvalue weighted by Crippen LogP contribution is -2.18. The molecule has 0 saturated carbocycles. The fraction of sp³-hybridized carbons (Fsp3) is 0.300. The summed E-state index contributed by atoms with van der Waals surface area (Å²) in [6.45, 7) is 0.470. The lowest BCUT2D eigenvalue weighted by atomic mass is 10.3. The van der Waals surface area contributed by atoms with Crippen LogP contribution in [0.2, 0.25) is 0 Å². The van der Waals surface area contributed by atoms with Crippen molar-refractivity contribution in [3.63, 3.8) is 0 Å². The molecule has 0 radical (unpaired) electrons. The Morgan fingerprint density at radius 2 is 2.07 bits per heavy atom. The van der Waals surface area contributed by atoms with E-state index in [0.29, 0.717) is 13.0 Å². The van der Waals surface area contributed by atoms with Gasteiger partial charge in [-0.1, -0.05) is 18.2 Å². The van der Waals surface area contributed by atoms with Crippen molar-refractivity contribution in [2.45, 2.75) is 12.8 Å². The molecule has 0 bridgehead atoms. The van der Waals surface area contributed by atoms with Gasteiger partial charge in [0.1, 0.15) is 5.75 Å². The topological polar surface area (TPSA) is 58.6 Å². The van der Waals surface area contributed by atoms with Crippen LogP contribution in [0.15, 0.2) is 30.3 Å². The van der Waals surface area contributed by atoms with Crippen LogP contribution in [0.1, 0.15) is 12.8 Å². The molecule has 4 nitrogen and oxygen atoms in total. The van der Waals surface area contributed by atoms with Gasteiger partial charge >= 0.3 is 0 Å². The molecule has 14 heavy (non-hydrogen) atoms. The minimum atomic E-state index is -0.387. The summed E-state index contributed by atoms with van der Waals surface area (Å²) in [4.78, 5) is 10.6. The van der Waals surface area contributed by atoms with E-state index >= 15 is 0 Å². The Kier molecular flexibility index (Phi) is 4.50. The molecule has 0 aliphatic heterocycles. The van der Waals surface area contributed by atoms with Crippen molar-refractivity contribution < 1.29 is 14.7 Å². The van der Waals surface area contributed by atoms with Gasteiger partial charge in [0, 0.05) is 6.42 Å². The highest BCUT2D eigenvalue weighted by Gasteiger charge is 1.98. The molecule has 1 aromatic carbocycles. The number of para-hydroxylation sites is 1. The highest BCUT2D eigenvalue weighted by atomic mass is 16.5. The summed E-state index contributed by atoms with van der Waals surface area (Å²) < 4.78 is 5.34. The number of rotatable bonds is 5. The molecule has 0 fully saturated rings. The van der Waals surface area contributed by atoms with E-state index in [2.05, 4.69) is 0 Å². The van der Waals surface area contributed by atoms with Crippen molar-refractivity contribution in [2.24, 2.45) is 0 Å². The molecular formula is C10H13NO3. The normalized spacial score (nSPS) is 9.50. The third kappa shape index (κ3) is 3.91. The van der Waals surface area contributed by atoms with Gasteiger partial charge in [0.25, 0.3) is 0 Å².